The molecule has 10 heteroatoms. The number of ether oxygens (including phenoxy) is 1. The maximum absolute atomic E-state index is 13.4. The molecule has 1 aliphatic heterocycles. The Balaban J connectivity index is 1.41. The van der Waals surface area contributed by atoms with Crippen LogP contribution in [0.2, 0.25) is 0 Å². The van der Waals surface area contributed by atoms with Gasteiger partial charge in [0.25, 0.3) is 5.91 Å². The Labute approximate surface area is 227 Å². The lowest BCUT2D eigenvalue weighted by molar-refractivity contribution is -0.127. The van der Waals surface area contributed by atoms with E-state index in [0.29, 0.717) is 24.4 Å². The summed E-state index contributed by atoms with van der Waals surface area (Å²) in [6.45, 7) is 5.73. The molecule has 1 unspecified atom stereocenters. The molecule has 1 saturated carbocycles. The van der Waals surface area contributed by atoms with Crippen LogP contribution in [-0.2, 0) is 16.1 Å². The molecule has 2 heterocycles. The van der Waals surface area contributed by atoms with E-state index in [1.165, 1.54) is 24.3 Å². The number of amides is 2. The maximum Gasteiger partial charge on any atom is 0.257 e. The lowest BCUT2D eigenvalue weighted by Crippen LogP contribution is -2.40. The monoisotopic (exact) mass is 537 g/mol. The largest absolute Gasteiger partial charge is 0.394 e. The Bertz CT molecular complexity index is 1300. The second-order valence-electron chi connectivity index (χ2n) is 10.6. The van der Waals surface area contributed by atoms with Gasteiger partial charge < -0.3 is 19.7 Å². The number of anilines is 1. The molecule has 0 bridgehead atoms. The van der Waals surface area contributed by atoms with Crippen LogP contribution in [-0.4, -0.2) is 70.3 Å². The predicted octanol–water partition coefficient (Wildman–Crippen LogP) is 3.49. The molecule has 0 spiro atoms. The Morgan fingerprint density at radius 3 is 2.51 bits per heavy atom. The predicted molar refractivity (Wildman–Crippen MR) is 146 cm³/mol. The average molecular weight is 538 g/mol. The molecule has 1 atom stereocenters. The van der Waals surface area contributed by atoms with Gasteiger partial charge in [-0.15, -0.1) is 0 Å². The zero-order valence-electron chi connectivity index (χ0n) is 22.2. The van der Waals surface area contributed by atoms with Crippen LogP contribution in [0.4, 0.5) is 10.3 Å². The smallest absolute Gasteiger partial charge is 0.257 e. The van der Waals surface area contributed by atoms with E-state index < -0.39 is 5.82 Å². The number of benzene rings is 2. The van der Waals surface area contributed by atoms with Crippen molar-refractivity contribution in [2.75, 3.05) is 38.2 Å². The molecule has 5 rings (SSSR count). The standard InChI is InChI=1S/C29H36FN5O4/c1-19(18-36)31-27(37)22-5-9-24(10-6-22)35-26-16-20(17-34-12-14-39-15-13-34)2-11-25(26)32-29(35)33-28(38)21-3-7-23(30)8-4-21/h2-4,7-8,11,16,19,22,24,36H,5-6,9-10,12-15,17-18H2,1H3,(H,31,37)(H,32,33,38). The fourth-order valence-electron chi connectivity index (χ4n) is 5.49. The topological polar surface area (TPSA) is 109 Å². The zero-order valence-corrected chi connectivity index (χ0v) is 22.2. The minimum Gasteiger partial charge on any atom is -0.394 e. The summed E-state index contributed by atoms with van der Waals surface area (Å²) < 4.78 is 21.0. The van der Waals surface area contributed by atoms with Crippen molar-refractivity contribution in [3.8, 4) is 0 Å². The Morgan fingerprint density at radius 1 is 1.10 bits per heavy atom. The number of rotatable bonds is 8. The third kappa shape index (κ3) is 6.46. The van der Waals surface area contributed by atoms with Gasteiger partial charge in [-0.1, -0.05) is 6.07 Å². The lowest BCUT2D eigenvalue weighted by Gasteiger charge is -2.30. The first kappa shape index (κ1) is 27.2. The molecule has 1 saturated heterocycles. The van der Waals surface area contributed by atoms with Gasteiger partial charge in [0.2, 0.25) is 11.9 Å². The Hall–Kier alpha value is -3.34. The molecule has 208 valence electrons. The van der Waals surface area contributed by atoms with E-state index in [0.717, 1.165) is 62.3 Å². The van der Waals surface area contributed by atoms with Crippen LogP contribution in [0.5, 0.6) is 0 Å². The number of nitrogens with one attached hydrogen (secondary N) is 2. The van der Waals surface area contributed by atoms with E-state index in [1.54, 1.807) is 6.92 Å². The maximum atomic E-state index is 13.4. The van der Waals surface area contributed by atoms with Crippen molar-refractivity contribution in [2.45, 2.75) is 51.2 Å². The summed E-state index contributed by atoms with van der Waals surface area (Å²) in [6.07, 6.45) is 2.91. The van der Waals surface area contributed by atoms with Crippen LogP contribution >= 0.6 is 0 Å². The van der Waals surface area contributed by atoms with Gasteiger partial charge in [0.1, 0.15) is 5.82 Å². The molecule has 9 nitrogen and oxygen atoms in total. The second kappa shape index (κ2) is 12.2. The van der Waals surface area contributed by atoms with Crippen molar-refractivity contribution < 1.29 is 23.8 Å². The number of halogens is 1. The number of hydrogen-bond acceptors (Lipinski definition) is 6. The van der Waals surface area contributed by atoms with E-state index in [1.807, 2.05) is 6.07 Å². The molecule has 1 aliphatic carbocycles. The van der Waals surface area contributed by atoms with Crippen molar-refractivity contribution in [2.24, 2.45) is 5.92 Å². The first-order valence-electron chi connectivity index (χ1n) is 13.7. The van der Waals surface area contributed by atoms with Gasteiger partial charge in [0.15, 0.2) is 0 Å². The number of aliphatic hydroxyl groups excluding tert-OH is 1. The highest BCUT2D eigenvalue weighted by Gasteiger charge is 2.30. The van der Waals surface area contributed by atoms with Crippen molar-refractivity contribution in [3.05, 3.63) is 59.4 Å². The summed E-state index contributed by atoms with van der Waals surface area (Å²) in [5.41, 5.74) is 3.23. The molecular formula is C29H36FN5O4. The molecule has 2 fully saturated rings. The van der Waals surface area contributed by atoms with Crippen LogP contribution < -0.4 is 10.6 Å². The van der Waals surface area contributed by atoms with E-state index in [2.05, 4.69) is 32.2 Å². The number of nitrogens with zero attached hydrogens (tertiary/aromatic N) is 3. The SMILES string of the molecule is CC(CO)NC(=O)C1CCC(n2c(NC(=O)c3ccc(F)cc3)nc3ccc(CN4CCOCC4)cc32)CC1. The number of carbonyl (C=O) groups is 2. The third-order valence-electron chi connectivity index (χ3n) is 7.69. The van der Waals surface area contributed by atoms with Gasteiger partial charge in [-0.3, -0.25) is 19.8 Å². The first-order valence-corrected chi connectivity index (χ1v) is 13.7. The lowest BCUT2D eigenvalue weighted by atomic mass is 9.85. The van der Waals surface area contributed by atoms with Gasteiger partial charge in [-0.25, -0.2) is 9.37 Å². The summed E-state index contributed by atoms with van der Waals surface area (Å²) >= 11 is 0. The molecule has 0 radical (unpaired) electrons. The zero-order chi connectivity index (χ0) is 27.4. The van der Waals surface area contributed by atoms with Crippen molar-refractivity contribution in [1.82, 2.24) is 19.8 Å². The fourth-order valence-corrected chi connectivity index (χ4v) is 5.49. The molecule has 3 aromatic rings. The number of imidazole rings is 1. The molecule has 1 aromatic heterocycles. The van der Waals surface area contributed by atoms with Gasteiger partial charge in [-0.2, -0.15) is 0 Å². The van der Waals surface area contributed by atoms with E-state index in [-0.39, 0.29) is 36.4 Å². The van der Waals surface area contributed by atoms with Gasteiger partial charge >= 0.3 is 0 Å². The van der Waals surface area contributed by atoms with E-state index >= 15 is 0 Å². The summed E-state index contributed by atoms with van der Waals surface area (Å²) in [7, 11) is 0. The number of carbonyl (C=O) groups excluding carboxylic acids is 2. The number of morpholine rings is 1. The highest BCUT2D eigenvalue weighted by molar-refractivity contribution is 6.04. The summed E-state index contributed by atoms with van der Waals surface area (Å²) in [4.78, 5) is 32.9. The van der Waals surface area contributed by atoms with E-state index in [4.69, 9.17) is 9.72 Å². The molecule has 2 aromatic carbocycles. The van der Waals surface area contributed by atoms with Crippen LogP contribution in [0.3, 0.4) is 0 Å². The molecular weight excluding hydrogens is 501 g/mol. The number of aliphatic hydroxyl groups is 1. The van der Waals surface area contributed by atoms with Crippen LogP contribution in [0.25, 0.3) is 11.0 Å². The molecule has 2 amide bonds. The van der Waals surface area contributed by atoms with Crippen molar-refractivity contribution in [3.63, 3.8) is 0 Å². The van der Waals surface area contributed by atoms with Gasteiger partial charge in [0, 0.05) is 43.2 Å². The van der Waals surface area contributed by atoms with Crippen molar-refractivity contribution in [1.29, 1.82) is 0 Å². The molecule has 39 heavy (non-hydrogen) atoms. The van der Waals surface area contributed by atoms with Crippen LogP contribution in [0, 0.1) is 11.7 Å². The van der Waals surface area contributed by atoms with Crippen LogP contribution in [0.15, 0.2) is 42.5 Å². The van der Waals surface area contributed by atoms with Crippen molar-refractivity contribution >= 4 is 28.8 Å². The van der Waals surface area contributed by atoms with Crippen LogP contribution in [0.1, 0.15) is 54.6 Å². The first-order chi connectivity index (χ1) is 18.9. The minimum atomic E-state index is -0.402. The van der Waals surface area contributed by atoms with Gasteiger partial charge in [0.05, 0.1) is 30.9 Å². The number of aromatic nitrogens is 2. The highest BCUT2D eigenvalue weighted by Crippen LogP contribution is 2.37. The summed E-state index contributed by atoms with van der Waals surface area (Å²) in [5, 5.41) is 15.1. The normalized spacial score (nSPS) is 21.0. The quantitative estimate of drug-likeness (QED) is 0.406. The van der Waals surface area contributed by atoms with Gasteiger partial charge in [-0.05, 0) is 74.6 Å². The fraction of sp³-hybridized carbons (Fsp3) is 0.483. The summed E-state index contributed by atoms with van der Waals surface area (Å²) in [6, 6.07) is 11.4. The number of fused-ring (bicyclic) bond motifs is 1. The number of hydrogen-bond donors (Lipinski definition) is 3. The highest BCUT2D eigenvalue weighted by atomic mass is 19.1. The third-order valence-corrected chi connectivity index (χ3v) is 7.69. The molecule has 2 aliphatic rings. The minimum absolute atomic E-state index is 0.0249. The Kier molecular flexibility index (Phi) is 8.54. The molecule has 3 N–H and O–H groups in total. The summed E-state index contributed by atoms with van der Waals surface area (Å²) in [5.74, 6) is -0.445. The Morgan fingerprint density at radius 2 is 1.82 bits per heavy atom. The van der Waals surface area contributed by atoms with E-state index in [9.17, 15) is 19.1 Å². The second-order valence-corrected chi connectivity index (χ2v) is 10.6. The average Bonchev–Trinajstić information content (AvgIpc) is 3.30.